The Morgan fingerprint density at radius 2 is 1.88 bits per heavy atom. The van der Waals surface area contributed by atoms with Crippen molar-refractivity contribution in [1.29, 1.82) is 0 Å². The summed E-state index contributed by atoms with van der Waals surface area (Å²) in [4.78, 5) is 0. The summed E-state index contributed by atoms with van der Waals surface area (Å²) < 4.78 is 31.8. The molecule has 0 saturated carbocycles. The van der Waals surface area contributed by atoms with E-state index in [1.807, 2.05) is 13.8 Å². The lowest BCUT2D eigenvalue weighted by atomic mass is 10.4. The van der Waals surface area contributed by atoms with Crippen LogP contribution >= 0.6 is 0 Å². The first kappa shape index (κ1) is 15.8. The maximum Gasteiger partial charge on any atom is 0.282 e. The Bertz CT molecular complexity index is 280. The predicted molar refractivity (Wildman–Crippen MR) is 64.3 cm³/mol. The van der Waals surface area contributed by atoms with E-state index >= 15 is 0 Å². The molecular formula is C9H23N3O3S. The Morgan fingerprint density at radius 3 is 2.25 bits per heavy atom. The summed E-state index contributed by atoms with van der Waals surface area (Å²) >= 11 is 0. The number of nitrogens with two attached hydrogens (primary N) is 1. The molecule has 0 amide bonds. The summed E-state index contributed by atoms with van der Waals surface area (Å²) in [5, 5.41) is 0. The lowest BCUT2D eigenvalue weighted by molar-refractivity contribution is 0.176. The first-order valence-corrected chi connectivity index (χ1v) is 6.69. The Labute approximate surface area is 98.5 Å². The largest absolute Gasteiger partial charge is 0.383 e. The molecule has 0 unspecified atom stereocenters. The Morgan fingerprint density at radius 1 is 1.31 bits per heavy atom. The van der Waals surface area contributed by atoms with Crippen molar-refractivity contribution in [3.05, 3.63) is 0 Å². The summed E-state index contributed by atoms with van der Waals surface area (Å²) in [6.45, 7) is 4.96. The van der Waals surface area contributed by atoms with Crippen LogP contribution in [0.5, 0.6) is 0 Å². The van der Waals surface area contributed by atoms with Crippen LogP contribution in [-0.2, 0) is 14.9 Å². The van der Waals surface area contributed by atoms with Crippen LogP contribution in [0.3, 0.4) is 0 Å². The predicted octanol–water partition coefficient (Wildman–Crippen LogP) is -0.521. The molecule has 0 aliphatic rings. The van der Waals surface area contributed by atoms with Crippen LogP contribution in [0.15, 0.2) is 0 Å². The van der Waals surface area contributed by atoms with Gasteiger partial charge in [0.15, 0.2) is 0 Å². The molecule has 0 aromatic heterocycles. The molecule has 7 heteroatoms. The average molecular weight is 253 g/mol. The normalized spacial score (nSPS) is 13.0. The highest BCUT2D eigenvalue weighted by Crippen LogP contribution is 2.09. The van der Waals surface area contributed by atoms with E-state index in [4.69, 9.17) is 10.5 Å². The topological polar surface area (TPSA) is 75.9 Å². The fourth-order valence-electron chi connectivity index (χ4n) is 1.13. The molecule has 0 aromatic carbocycles. The van der Waals surface area contributed by atoms with Gasteiger partial charge in [0.05, 0.1) is 6.61 Å². The minimum atomic E-state index is -3.43. The summed E-state index contributed by atoms with van der Waals surface area (Å²) in [7, 11) is -0.321. The standard InChI is InChI=1S/C9H23N3O3S/c1-9(2)11(3)16(13,14)12(6-5-10)7-8-15-4/h9H,5-8,10H2,1-4H3. The number of nitrogens with zero attached hydrogens (tertiary/aromatic N) is 2. The smallest absolute Gasteiger partial charge is 0.282 e. The van der Waals surface area contributed by atoms with Crippen molar-refractivity contribution < 1.29 is 13.2 Å². The maximum absolute atomic E-state index is 12.1. The van der Waals surface area contributed by atoms with E-state index < -0.39 is 10.2 Å². The molecule has 0 aromatic rings. The quantitative estimate of drug-likeness (QED) is 0.631. The summed E-state index contributed by atoms with van der Waals surface area (Å²) in [6.07, 6.45) is 0. The fraction of sp³-hybridized carbons (Fsp3) is 1.00. The number of hydrogen-bond acceptors (Lipinski definition) is 4. The molecule has 0 bridgehead atoms. The van der Waals surface area contributed by atoms with E-state index in [1.165, 1.54) is 8.61 Å². The molecule has 0 heterocycles. The van der Waals surface area contributed by atoms with E-state index in [0.29, 0.717) is 26.2 Å². The van der Waals surface area contributed by atoms with Gasteiger partial charge < -0.3 is 10.5 Å². The van der Waals surface area contributed by atoms with E-state index in [0.717, 1.165) is 0 Å². The molecule has 98 valence electrons. The van der Waals surface area contributed by atoms with Gasteiger partial charge in [0.1, 0.15) is 0 Å². The fourth-order valence-corrected chi connectivity index (χ4v) is 2.67. The van der Waals surface area contributed by atoms with E-state index in [-0.39, 0.29) is 6.04 Å². The maximum atomic E-state index is 12.1. The minimum absolute atomic E-state index is 0.0761. The van der Waals surface area contributed by atoms with E-state index in [1.54, 1.807) is 14.2 Å². The minimum Gasteiger partial charge on any atom is -0.383 e. The van der Waals surface area contributed by atoms with Crippen LogP contribution < -0.4 is 5.73 Å². The van der Waals surface area contributed by atoms with Gasteiger partial charge in [0.25, 0.3) is 10.2 Å². The molecule has 0 aliphatic carbocycles. The second-order valence-corrected chi connectivity index (χ2v) is 5.79. The summed E-state index contributed by atoms with van der Waals surface area (Å²) in [5.74, 6) is 0. The van der Waals surface area contributed by atoms with Gasteiger partial charge in [0.2, 0.25) is 0 Å². The SMILES string of the molecule is COCCN(CCN)S(=O)(=O)N(C)C(C)C. The molecule has 0 atom stereocenters. The molecule has 0 fully saturated rings. The third kappa shape index (κ3) is 4.34. The second-order valence-electron chi connectivity index (χ2n) is 3.80. The molecule has 0 saturated heterocycles. The van der Waals surface area contributed by atoms with Crippen molar-refractivity contribution in [2.75, 3.05) is 40.4 Å². The van der Waals surface area contributed by atoms with Crippen molar-refractivity contribution in [2.24, 2.45) is 5.73 Å². The highest BCUT2D eigenvalue weighted by molar-refractivity contribution is 7.86. The molecule has 0 radical (unpaired) electrons. The van der Waals surface area contributed by atoms with Gasteiger partial charge in [-0.1, -0.05) is 0 Å². The lowest BCUT2D eigenvalue weighted by Gasteiger charge is -2.29. The number of ether oxygens (including phenoxy) is 1. The highest BCUT2D eigenvalue weighted by atomic mass is 32.2. The van der Waals surface area contributed by atoms with Gasteiger partial charge in [-0.05, 0) is 13.8 Å². The van der Waals surface area contributed by atoms with Gasteiger partial charge in [-0.2, -0.15) is 17.0 Å². The van der Waals surface area contributed by atoms with Crippen molar-refractivity contribution in [3.63, 3.8) is 0 Å². The third-order valence-corrected chi connectivity index (χ3v) is 4.51. The lowest BCUT2D eigenvalue weighted by Crippen LogP contribution is -2.47. The highest BCUT2D eigenvalue weighted by Gasteiger charge is 2.27. The van der Waals surface area contributed by atoms with Crippen LogP contribution in [-0.4, -0.2) is 63.5 Å². The summed E-state index contributed by atoms with van der Waals surface area (Å²) in [5.41, 5.74) is 5.41. The van der Waals surface area contributed by atoms with Crippen molar-refractivity contribution >= 4 is 10.2 Å². The van der Waals surface area contributed by atoms with E-state index in [9.17, 15) is 8.42 Å². The third-order valence-electron chi connectivity index (χ3n) is 2.34. The molecule has 0 spiro atoms. The van der Waals surface area contributed by atoms with Gasteiger partial charge in [-0.3, -0.25) is 0 Å². The van der Waals surface area contributed by atoms with Gasteiger partial charge in [0, 0.05) is 39.8 Å². The van der Waals surface area contributed by atoms with Crippen LogP contribution in [0, 0.1) is 0 Å². The number of rotatable bonds is 8. The number of hydrogen-bond donors (Lipinski definition) is 1. The molecule has 0 rings (SSSR count). The van der Waals surface area contributed by atoms with Crippen molar-refractivity contribution in [2.45, 2.75) is 19.9 Å². The van der Waals surface area contributed by atoms with Crippen LogP contribution in [0.4, 0.5) is 0 Å². The average Bonchev–Trinajstić information content (AvgIpc) is 2.22. The van der Waals surface area contributed by atoms with Crippen LogP contribution in [0.2, 0.25) is 0 Å². The van der Waals surface area contributed by atoms with Gasteiger partial charge in [-0.25, -0.2) is 0 Å². The molecule has 0 aliphatic heterocycles. The molecule has 2 N–H and O–H groups in total. The zero-order chi connectivity index (χ0) is 12.8. The Hall–Kier alpha value is -0.210. The Balaban J connectivity index is 4.74. The molecule has 6 nitrogen and oxygen atoms in total. The zero-order valence-electron chi connectivity index (χ0n) is 10.5. The van der Waals surface area contributed by atoms with Gasteiger partial charge in [-0.15, -0.1) is 0 Å². The van der Waals surface area contributed by atoms with Crippen molar-refractivity contribution in [1.82, 2.24) is 8.61 Å². The van der Waals surface area contributed by atoms with E-state index in [2.05, 4.69) is 0 Å². The summed E-state index contributed by atoms with van der Waals surface area (Å²) in [6, 6.07) is -0.0761. The monoisotopic (exact) mass is 253 g/mol. The molecule has 16 heavy (non-hydrogen) atoms. The number of methoxy groups -OCH3 is 1. The van der Waals surface area contributed by atoms with Crippen molar-refractivity contribution in [3.8, 4) is 0 Å². The van der Waals surface area contributed by atoms with Gasteiger partial charge >= 0.3 is 0 Å². The second kappa shape index (κ2) is 7.18. The van der Waals surface area contributed by atoms with Crippen LogP contribution in [0.1, 0.15) is 13.8 Å². The van der Waals surface area contributed by atoms with Crippen LogP contribution in [0.25, 0.3) is 0 Å². The zero-order valence-corrected chi connectivity index (χ0v) is 11.3. The first-order chi connectivity index (χ1) is 7.37. The first-order valence-electron chi connectivity index (χ1n) is 5.30. The Kier molecular flexibility index (Phi) is 7.09. The molecular weight excluding hydrogens is 230 g/mol.